The molecule has 25 heavy (non-hydrogen) atoms. The van der Waals surface area contributed by atoms with Gasteiger partial charge in [0, 0.05) is 6.42 Å². The van der Waals surface area contributed by atoms with Gasteiger partial charge >= 0.3 is 0 Å². The number of nitrogens with zero attached hydrogens (tertiary/aromatic N) is 2. The molecule has 0 aliphatic rings. The summed E-state index contributed by atoms with van der Waals surface area (Å²) in [5, 5.41) is 0. The molecule has 2 aromatic rings. The Labute approximate surface area is 151 Å². The van der Waals surface area contributed by atoms with E-state index in [2.05, 4.69) is 25.7 Å². The molecule has 1 aromatic carbocycles. The van der Waals surface area contributed by atoms with Crippen LogP contribution in [0.1, 0.15) is 63.3 Å². The monoisotopic (exact) mass is 338 g/mol. The SMILES string of the molecule is C=C(CCCCC/C=C/c1nc2ccccc2nc1CCCC)OC. The number of fused-ring (bicyclic) bond motifs is 1. The summed E-state index contributed by atoms with van der Waals surface area (Å²) in [6.45, 7) is 6.06. The first kappa shape index (κ1) is 19.2. The Morgan fingerprint density at radius 2 is 1.84 bits per heavy atom. The highest BCUT2D eigenvalue weighted by atomic mass is 16.5. The number of ether oxygens (including phenoxy) is 1. The van der Waals surface area contributed by atoms with E-state index in [1.165, 1.54) is 19.3 Å². The first-order valence-corrected chi connectivity index (χ1v) is 9.38. The predicted molar refractivity (Wildman–Crippen MR) is 106 cm³/mol. The number of unbranched alkanes of at least 4 members (excludes halogenated alkanes) is 4. The first-order chi connectivity index (χ1) is 12.2. The number of hydrogen-bond acceptors (Lipinski definition) is 3. The Hall–Kier alpha value is -2.16. The van der Waals surface area contributed by atoms with Gasteiger partial charge in [-0.1, -0.05) is 44.6 Å². The number of rotatable bonds is 11. The standard InChI is InChI=1S/C22H30N2O/c1-4-5-14-19-20(24-22-17-12-11-16-21(22)23-19)15-10-8-6-7-9-13-18(2)25-3/h10-12,15-17H,2,4-9,13-14H2,1,3H3/b15-10+. The maximum atomic E-state index is 5.09. The maximum Gasteiger partial charge on any atom is 0.0894 e. The van der Waals surface area contributed by atoms with Crippen LogP contribution < -0.4 is 0 Å². The van der Waals surface area contributed by atoms with Crippen molar-refractivity contribution in [2.45, 2.75) is 58.3 Å². The van der Waals surface area contributed by atoms with Crippen LogP contribution in [0.4, 0.5) is 0 Å². The van der Waals surface area contributed by atoms with Gasteiger partial charge in [0.15, 0.2) is 0 Å². The van der Waals surface area contributed by atoms with Gasteiger partial charge in [-0.3, -0.25) is 0 Å². The summed E-state index contributed by atoms with van der Waals surface area (Å²) in [7, 11) is 1.69. The van der Waals surface area contributed by atoms with Crippen molar-refractivity contribution in [1.29, 1.82) is 0 Å². The minimum atomic E-state index is 0.877. The van der Waals surface area contributed by atoms with E-state index in [-0.39, 0.29) is 0 Å². The Kier molecular flexibility index (Phi) is 8.17. The second-order valence-corrected chi connectivity index (χ2v) is 6.39. The first-order valence-electron chi connectivity index (χ1n) is 9.38. The summed E-state index contributed by atoms with van der Waals surface area (Å²) in [4.78, 5) is 9.65. The second-order valence-electron chi connectivity index (χ2n) is 6.39. The van der Waals surface area contributed by atoms with E-state index in [9.17, 15) is 0 Å². The van der Waals surface area contributed by atoms with E-state index in [1.54, 1.807) is 7.11 Å². The lowest BCUT2D eigenvalue weighted by molar-refractivity contribution is 0.276. The van der Waals surface area contributed by atoms with Crippen LogP contribution in [-0.4, -0.2) is 17.1 Å². The largest absolute Gasteiger partial charge is 0.502 e. The minimum Gasteiger partial charge on any atom is -0.502 e. The molecule has 2 rings (SSSR count). The van der Waals surface area contributed by atoms with Crippen molar-refractivity contribution < 1.29 is 4.74 Å². The van der Waals surface area contributed by atoms with E-state index in [0.29, 0.717) is 0 Å². The molecular weight excluding hydrogens is 308 g/mol. The Morgan fingerprint density at radius 1 is 1.08 bits per heavy atom. The Balaban J connectivity index is 1.94. The summed E-state index contributed by atoms with van der Waals surface area (Å²) in [5.41, 5.74) is 4.11. The molecule has 0 saturated carbocycles. The minimum absolute atomic E-state index is 0.877. The molecule has 3 heteroatoms. The van der Waals surface area contributed by atoms with Crippen molar-refractivity contribution >= 4 is 17.1 Å². The van der Waals surface area contributed by atoms with Gasteiger partial charge in [0.25, 0.3) is 0 Å². The lowest BCUT2D eigenvalue weighted by Crippen LogP contribution is -1.99. The topological polar surface area (TPSA) is 35.0 Å². The van der Waals surface area contributed by atoms with Crippen LogP contribution in [0.5, 0.6) is 0 Å². The number of aryl methyl sites for hydroxylation is 1. The van der Waals surface area contributed by atoms with Crippen LogP contribution >= 0.6 is 0 Å². The van der Waals surface area contributed by atoms with Gasteiger partial charge in [-0.05, 0) is 50.3 Å². The second kappa shape index (κ2) is 10.7. The molecule has 1 aromatic heterocycles. The van der Waals surface area contributed by atoms with E-state index in [0.717, 1.165) is 60.3 Å². The fraction of sp³-hybridized carbons (Fsp3) is 0.455. The van der Waals surface area contributed by atoms with Crippen molar-refractivity contribution in [1.82, 2.24) is 9.97 Å². The van der Waals surface area contributed by atoms with E-state index in [4.69, 9.17) is 14.7 Å². The van der Waals surface area contributed by atoms with Crippen molar-refractivity contribution in [2.75, 3.05) is 7.11 Å². The summed E-state index contributed by atoms with van der Waals surface area (Å²) < 4.78 is 5.09. The number of benzene rings is 1. The van der Waals surface area contributed by atoms with E-state index < -0.39 is 0 Å². The molecule has 134 valence electrons. The third-order valence-corrected chi connectivity index (χ3v) is 4.33. The van der Waals surface area contributed by atoms with Crippen LogP contribution in [0.3, 0.4) is 0 Å². The van der Waals surface area contributed by atoms with Gasteiger partial charge in [0.05, 0.1) is 35.3 Å². The van der Waals surface area contributed by atoms with E-state index in [1.807, 2.05) is 24.3 Å². The molecule has 0 aliphatic heterocycles. The van der Waals surface area contributed by atoms with Gasteiger partial charge in [-0.2, -0.15) is 0 Å². The molecule has 0 atom stereocenters. The van der Waals surface area contributed by atoms with E-state index >= 15 is 0 Å². The average molecular weight is 338 g/mol. The van der Waals surface area contributed by atoms with Gasteiger partial charge in [-0.15, -0.1) is 0 Å². The summed E-state index contributed by atoms with van der Waals surface area (Å²) in [6.07, 6.45) is 13.2. The zero-order valence-electron chi connectivity index (χ0n) is 15.6. The highest BCUT2D eigenvalue weighted by Crippen LogP contribution is 2.17. The van der Waals surface area contributed by atoms with Crippen molar-refractivity contribution in [3.63, 3.8) is 0 Å². The fourth-order valence-electron chi connectivity index (χ4n) is 2.77. The quantitative estimate of drug-likeness (QED) is 0.367. The number of allylic oxidation sites excluding steroid dienone is 2. The Morgan fingerprint density at radius 3 is 2.56 bits per heavy atom. The third-order valence-electron chi connectivity index (χ3n) is 4.33. The summed E-state index contributed by atoms with van der Waals surface area (Å²) in [5.74, 6) is 0.877. The highest BCUT2D eigenvalue weighted by Gasteiger charge is 2.06. The van der Waals surface area contributed by atoms with Crippen molar-refractivity contribution in [3.05, 3.63) is 54.1 Å². The van der Waals surface area contributed by atoms with Crippen LogP contribution in [0.2, 0.25) is 0 Å². The molecule has 0 unspecified atom stereocenters. The number of hydrogen-bond donors (Lipinski definition) is 0. The molecule has 0 fully saturated rings. The lowest BCUT2D eigenvalue weighted by Gasteiger charge is -2.06. The Bertz CT molecular complexity index is 706. The maximum absolute atomic E-state index is 5.09. The van der Waals surface area contributed by atoms with Crippen LogP contribution in [0.15, 0.2) is 42.7 Å². The summed E-state index contributed by atoms with van der Waals surface area (Å²) >= 11 is 0. The molecule has 0 aliphatic carbocycles. The molecular formula is C22H30N2O. The predicted octanol–water partition coefficient (Wildman–Crippen LogP) is 6.10. The number of methoxy groups -OCH3 is 1. The smallest absolute Gasteiger partial charge is 0.0894 e. The molecule has 0 saturated heterocycles. The van der Waals surface area contributed by atoms with Gasteiger partial charge in [-0.25, -0.2) is 9.97 Å². The summed E-state index contributed by atoms with van der Waals surface area (Å²) in [6, 6.07) is 8.11. The highest BCUT2D eigenvalue weighted by molar-refractivity contribution is 5.75. The number of aromatic nitrogens is 2. The van der Waals surface area contributed by atoms with Gasteiger partial charge in [0.1, 0.15) is 0 Å². The van der Waals surface area contributed by atoms with Crippen molar-refractivity contribution in [3.8, 4) is 0 Å². The van der Waals surface area contributed by atoms with Crippen LogP contribution in [0, 0.1) is 0 Å². The average Bonchev–Trinajstić information content (AvgIpc) is 2.65. The fourth-order valence-corrected chi connectivity index (χ4v) is 2.77. The molecule has 0 spiro atoms. The zero-order chi connectivity index (χ0) is 17.9. The zero-order valence-corrected chi connectivity index (χ0v) is 15.6. The van der Waals surface area contributed by atoms with Crippen LogP contribution in [-0.2, 0) is 11.2 Å². The molecule has 3 nitrogen and oxygen atoms in total. The molecule has 0 amide bonds. The van der Waals surface area contributed by atoms with Crippen LogP contribution in [0.25, 0.3) is 17.1 Å². The van der Waals surface area contributed by atoms with Gasteiger partial charge < -0.3 is 4.74 Å². The molecule has 0 radical (unpaired) electrons. The number of para-hydroxylation sites is 2. The molecule has 0 bridgehead atoms. The normalized spacial score (nSPS) is 11.3. The molecule has 0 N–H and O–H groups in total. The lowest BCUT2D eigenvalue weighted by atomic mass is 10.1. The molecule has 1 heterocycles. The third kappa shape index (κ3) is 6.33. The van der Waals surface area contributed by atoms with Gasteiger partial charge in [0.2, 0.25) is 0 Å². The van der Waals surface area contributed by atoms with Crippen molar-refractivity contribution in [2.24, 2.45) is 0 Å².